The number of tetrazole rings is 1. The van der Waals surface area contributed by atoms with Crippen molar-refractivity contribution in [2.75, 3.05) is 18.9 Å². The molecular weight excluding hydrogens is 400 g/mol. The Hall–Kier alpha value is -2.65. The lowest BCUT2D eigenvalue weighted by atomic mass is 10.0. The van der Waals surface area contributed by atoms with Crippen LogP contribution in [0.2, 0.25) is 0 Å². The first-order valence-electron chi connectivity index (χ1n) is 9.84. The number of hydrogen-bond acceptors (Lipinski definition) is 7. The third-order valence-electron chi connectivity index (χ3n) is 4.26. The minimum absolute atomic E-state index is 0.0162. The van der Waals surface area contributed by atoms with E-state index >= 15 is 0 Å². The third kappa shape index (κ3) is 6.17. The highest BCUT2D eigenvalue weighted by atomic mass is 32.2. The predicted octanol–water partition coefficient (Wildman–Crippen LogP) is 2.54. The fraction of sp³-hybridized carbons (Fsp3) is 0.429. The number of ether oxygens (including phenoxy) is 1. The van der Waals surface area contributed by atoms with Crippen molar-refractivity contribution in [3.05, 3.63) is 42.0 Å². The van der Waals surface area contributed by atoms with Gasteiger partial charge in [-0.2, -0.15) is 0 Å². The summed E-state index contributed by atoms with van der Waals surface area (Å²) < 4.78 is 7.55. The van der Waals surface area contributed by atoms with E-state index in [4.69, 9.17) is 4.74 Å². The van der Waals surface area contributed by atoms with E-state index in [0.717, 1.165) is 39.5 Å². The molecule has 1 amide bonds. The summed E-state index contributed by atoms with van der Waals surface area (Å²) in [5.41, 5.74) is 0.756. The number of rotatable bonds is 9. The van der Waals surface area contributed by atoms with E-state index in [9.17, 15) is 4.79 Å². The number of amides is 1. The largest absolute Gasteiger partial charge is 0.483 e. The summed E-state index contributed by atoms with van der Waals surface area (Å²) in [6, 6.07) is 12.1. The maximum atomic E-state index is 12.2. The Bertz CT molecular complexity index is 999. The lowest BCUT2D eigenvalue weighted by Gasteiger charge is -2.21. The van der Waals surface area contributed by atoms with Gasteiger partial charge in [0, 0.05) is 37.0 Å². The molecule has 0 saturated carbocycles. The van der Waals surface area contributed by atoms with Crippen LogP contribution in [0.5, 0.6) is 5.75 Å². The molecule has 0 radical (unpaired) electrons. The first-order chi connectivity index (χ1) is 14.3. The number of benzene rings is 2. The summed E-state index contributed by atoms with van der Waals surface area (Å²) >= 11 is 1.60. The minimum Gasteiger partial charge on any atom is -0.483 e. The summed E-state index contributed by atoms with van der Waals surface area (Å²) in [7, 11) is 1.82. The molecule has 0 bridgehead atoms. The van der Waals surface area contributed by atoms with Crippen molar-refractivity contribution in [2.45, 2.75) is 38.0 Å². The van der Waals surface area contributed by atoms with Crippen molar-refractivity contribution in [1.82, 2.24) is 30.8 Å². The number of aromatic nitrogens is 4. The van der Waals surface area contributed by atoms with Crippen molar-refractivity contribution < 1.29 is 9.53 Å². The van der Waals surface area contributed by atoms with Gasteiger partial charge in [-0.25, -0.2) is 4.68 Å². The van der Waals surface area contributed by atoms with Crippen molar-refractivity contribution in [3.63, 3.8) is 0 Å². The standard InChI is InChI=1S/C21H28N6O2S/c1-21(2,3)23-19(28)14-29-18-10-9-15-7-5-6-8-16(15)17(18)13-22-11-12-30-20-24-25-26-27(20)4/h5-10,22H,11-14H2,1-4H3,(H,23,28). The van der Waals surface area contributed by atoms with Crippen LogP contribution in [0.25, 0.3) is 10.8 Å². The summed E-state index contributed by atoms with van der Waals surface area (Å²) in [6.07, 6.45) is 0. The van der Waals surface area contributed by atoms with Crippen molar-refractivity contribution in [2.24, 2.45) is 7.05 Å². The van der Waals surface area contributed by atoms with Gasteiger partial charge in [0.1, 0.15) is 5.75 Å². The van der Waals surface area contributed by atoms with Crippen LogP contribution >= 0.6 is 11.8 Å². The number of carbonyl (C=O) groups is 1. The summed E-state index contributed by atoms with van der Waals surface area (Å²) in [6.45, 7) is 7.25. The smallest absolute Gasteiger partial charge is 0.258 e. The van der Waals surface area contributed by atoms with Crippen LogP contribution in [0.15, 0.2) is 41.6 Å². The Morgan fingerprint density at radius 1 is 1.20 bits per heavy atom. The second-order valence-corrected chi connectivity index (χ2v) is 9.02. The monoisotopic (exact) mass is 428 g/mol. The molecule has 160 valence electrons. The maximum Gasteiger partial charge on any atom is 0.258 e. The van der Waals surface area contributed by atoms with E-state index in [-0.39, 0.29) is 18.1 Å². The molecule has 0 aliphatic heterocycles. The van der Waals surface area contributed by atoms with Gasteiger partial charge >= 0.3 is 0 Å². The van der Waals surface area contributed by atoms with Crippen LogP contribution < -0.4 is 15.4 Å². The molecule has 0 atom stereocenters. The Morgan fingerprint density at radius 2 is 2.00 bits per heavy atom. The Balaban J connectivity index is 1.64. The summed E-state index contributed by atoms with van der Waals surface area (Å²) in [5.74, 6) is 1.42. The molecule has 0 aliphatic rings. The zero-order chi connectivity index (χ0) is 21.6. The molecule has 3 rings (SSSR count). The van der Waals surface area contributed by atoms with Crippen LogP contribution in [0.4, 0.5) is 0 Å². The van der Waals surface area contributed by atoms with Crippen LogP contribution in [0.3, 0.4) is 0 Å². The van der Waals surface area contributed by atoms with E-state index in [1.807, 2.05) is 52.1 Å². The Kier molecular flexibility index (Phi) is 7.28. The average molecular weight is 429 g/mol. The van der Waals surface area contributed by atoms with E-state index in [1.54, 1.807) is 16.4 Å². The number of aryl methyl sites for hydroxylation is 1. The third-order valence-corrected chi connectivity index (χ3v) is 5.28. The normalized spacial score (nSPS) is 11.6. The second-order valence-electron chi connectivity index (χ2n) is 7.96. The summed E-state index contributed by atoms with van der Waals surface area (Å²) in [5, 5.41) is 20.9. The highest BCUT2D eigenvalue weighted by molar-refractivity contribution is 7.99. The Morgan fingerprint density at radius 3 is 2.73 bits per heavy atom. The lowest BCUT2D eigenvalue weighted by Crippen LogP contribution is -2.43. The van der Waals surface area contributed by atoms with Gasteiger partial charge < -0.3 is 15.4 Å². The molecule has 0 aliphatic carbocycles. The quantitative estimate of drug-likeness (QED) is 0.399. The highest BCUT2D eigenvalue weighted by Gasteiger charge is 2.15. The molecule has 1 heterocycles. The number of fused-ring (bicyclic) bond motifs is 1. The van der Waals surface area contributed by atoms with E-state index < -0.39 is 0 Å². The molecular formula is C21H28N6O2S. The minimum atomic E-state index is -0.288. The molecule has 3 aromatic rings. The van der Waals surface area contributed by atoms with Crippen LogP contribution in [-0.2, 0) is 18.4 Å². The van der Waals surface area contributed by atoms with Gasteiger partial charge in [-0.05, 0) is 48.0 Å². The molecule has 0 unspecified atom stereocenters. The van der Waals surface area contributed by atoms with Crippen molar-refractivity contribution in [1.29, 1.82) is 0 Å². The topological polar surface area (TPSA) is 94.0 Å². The van der Waals surface area contributed by atoms with Crippen LogP contribution in [0, 0.1) is 0 Å². The fourth-order valence-corrected chi connectivity index (χ4v) is 3.75. The fourth-order valence-electron chi connectivity index (χ4n) is 3.00. The van der Waals surface area contributed by atoms with Gasteiger partial charge in [-0.1, -0.05) is 42.1 Å². The SMILES string of the molecule is Cn1nnnc1SCCNCc1c(OCC(=O)NC(C)(C)C)ccc2ccccc12. The molecule has 2 aromatic carbocycles. The number of hydrogen-bond donors (Lipinski definition) is 2. The van der Waals surface area contributed by atoms with Gasteiger partial charge in [-0.15, -0.1) is 5.10 Å². The lowest BCUT2D eigenvalue weighted by molar-refractivity contribution is -0.124. The number of carbonyl (C=O) groups excluding carboxylic acids is 1. The molecule has 0 fully saturated rings. The molecule has 30 heavy (non-hydrogen) atoms. The van der Waals surface area contributed by atoms with E-state index in [0.29, 0.717) is 6.54 Å². The average Bonchev–Trinajstić information content (AvgIpc) is 3.10. The number of nitrogens with zero attached hydrogens (tertiary/aromatic N) is 4. The molecule has 1 aromatic heterocycles. The number of thioether (sulfide) groups is 1. The van der Waals surface area contributed by atoms with Gasteiger partial charge in [-0.3, -0.25) is 4.79 Å². The van der Waals surface area contributed by atoms with Gasteiger partial charge in [0.25, 0.3) is 5.91 Å². The maximum absolute atomic E-state index is 12.2. The zero-order valence-corrected chi connectivity index (χ0v) is 18.6. The first-order valence-corrected chi connectivity index (χ1v) is 10.8. The second kappa shape index (κ2) is 9.90. The van der Waals surface area contributed by atoms with Gasteiger partial charge in [0.05, 0.1) is 0 Å². The molecule has 0 spiro atoms. The van der Waals surface area contributed by atoms with E-state index in [2.05, 4.69) is 38.3 Å². The molecule has 8 nitrogen and oxygen atoms in total. The summed E-state index contributed by atoms with van der Waals surface area (Å²) in [4.78, 5) is 12.2. The van der Waals surface area contributed by atoms with Crippen molar-refractivity contribution >= 4 is 28.4 Å². The first kappa shape index (κ1) is 22.0. The van der Waals surface area contributed by atoms with Crippen LogP contribution in [-0.4, -0.2) is 50.6 Å². The van der Waals surface area contributed by atoms with Crippen LogP contribution in [0.1, 0.15) is 26.3 Å². The van der Waals surface area contributed by atoms with E-state index in [1.165, 1.54) is 0 Å². The molecule has 2 N–H and O–H groups in total. The van der Waals surface area contributed by atoms with Gasteiger partial charge in [0.15, 0.2) is 6.61 Å². The molecule has 9 heteroatoms. The Labute approximate surface area is 180 Å². The highest BCUT2D eigenvalue weighted by Crippen LogP contribution is 2.28. The predicted molar refractivity (Wildman–Crippen MR) is 119 cm³/mol. The molecule has 0 saturated heterocycles. The zero-order valence-electron chi connectivity index (χ0n) is 17.8. The number of nitrogens with one attached hydrogen (secondary N) is 2. The van der Waals surface area contributed by atoms with Gasteiger partial charge in [0.2, 0.25) is 5.16 Å². The van der Waals surface area contributed by atoms with Crippen molar-refractivity contribution in [3.8, 4) is 5.75 Å².